The van der Waals surface area contributed by atoms with Crippen LogP contribution >= 0.6 is 0 Å². The molecule has 1 aliphatic carbocycles. The van der Waals surface area contributed by atoms with Gasteiger partial charge in [0, 0.05) is 4.28 Å². The molecule has 0 saturated heterocycles. The highest BCUT2D eigenvalue weighted by Crippen LogP contribution is 2.15. The van der Waals surface area contributed by atoms with Gasteiger partial charge in [-0.25, -0.2) is 0 Å². The molecule has 0 heterocycles. The fourth-order valence-corrected chi connectivity index (χ4v) is 1.06. The third-order valence-electron chi connectivity index (χ3n) is 1.50. The molecule has 0 aromatic heterocycles. The van der Waals surface area contributed by atoms with Crippen LogP contribution in [0.3, 0.4) is 0 Å². The zero-order chi connectivity index (χ0) is 4.24. The second kappa shape index (κ2) is 2.22. The van der Waals surface area contributed by atoms with Gasteiger partial charge in [-0.3, -0.25) is 0 Å². The molecule has 0 N–H and O–H groups in total. The Bertz CT molecular complexity index is 23.8. The van der Waals surface area contributed by atoms with Crippen molar-refractivity contribution in [3.63, 3.8) is 0 Å². The van der Waals surface area contributed by atoms with Crippen LogP contribution in [0.15, 0.2) is 0 Å². The summed E-state index contributed by atoms with van der Waals surface area (Å²) in [7, 11) is 0. The summed E-state index contributed by atoms with van der Waals surface area (Å²) in [6.07, 6.45) is 9.00. The molecular formula is C6H18. The van der Waals surface area contributed by atoms with Crippen molar-refractivity contribution in [2.75, 3.05) is 0 Å². The lowest BCUT2D eigenvalue weighted by Crippen LogP contribution is -1.85. The second-order valence-electron chi connectivity index (χ2n) is 2.12. The average molecular weight is 90.2 g/mol. The fourth-order valence-electron chi connectivity index (χ4n) is 1.06. The molecule has 0 nitrogen and oxygen atoms in total. The second-order valence-corrected chi connectivity index (χ2v) is 2.12. The normalized spacial score (nSPS) is 24.0. The molecule has 6 heavy (non-hydrogen) atoms. The van der Waals surface area contributed by atoms with E-state index in [2.05, 4.69) is 0 Å². The molecule has 0 bridgehead atoms. The minimum absolute atomic E-state index is 0. The van der Waals surface area contributed by atoms with Crippen LogP contribution in [0, 0.1) is 0 Å². The Morgan fingerprint density at radius 3 is 0.833 bits per heavy atom. The summed E-state index contributed by atoms with van der Waals surface area (Å²) in [4.78, 5) is 0. The van der Waals surface area contributed by atoms with Crippen LogP contribution in [0.1, 0.15) is 42.8 Å². The van der Waals surface area contributed by atoms with Gasteiger partial charge in [0.25, 0.3) is 0 Å². The van der Waals surface area contributed by atoms with Crippen molar-refractivity contribution in [2.45, 2.75) is 38.5 Å². The van der Waals surface area contributed by atoms with Gasteiger partial charge in [0.2, 0.25) is 0 Å². The molecule has 0 amide bonds. The summed E-state index contributed by atoms with van der Waals surface area (Å²) in [5.74, 6) is 0. The maximum absolute atomic E-state index is 1.50. The van der Waals surface area contributed by atoms with Crippen LogP contribution in [0.4, 0.5) is 0 Å². The van der Waals surface area contributed by atoms with E-state index in [9.17, 15) is 0 Å². The predicted molar refractivity (Wildman–Crippen MR) is 34.0 cm³/mol. The Morgan fingerprint density at radius 2 is 0.667 bits per heavy atom. The van der Waals surface area contributed by atoms with E-state index < -0.39 is 0 Å². The van der Waals surface area contributed by atoms with E-state index in [-0.39, 0.29) is 4.28 Å². The highest BCUT2D eigenvalue weighted by atomic mass is 14.0. The van der Waals surface area contributed by atoms with E-state index in [1.54, 1.807) is 0 Å². The lowest BCUT2D eigenvalue weighted by atomic mass is 10.0. The van der Waals surface area contributed by atoms with Crippen molar-refractivity contribution in [3.05, 3.63) is 0 Å². The third-order valence-corrected chi connectivity index (χ3v) is 1.50. The quantitative estimate of drug-likeness (QED) is 0.429. The first-order valence-electron chi connectivity index (χ1n) is 3.00. The van der Waals surface area contributed by atoms with Gasteiger partial charge in [-0.2, -0.15) is 0 Å². The molecule has 0 radical (unpaired) electrons. The highest BCUT2D eigenvalue weighted by molar-refractivity contribution is 4.51. The van der Waals surface area contributed by atoms with E-state index in [0.717, 1.165) is 0 Å². The molecule has 0 aromatic carbocycles. The lowest BCUT2D eigenvalue weighted by molar-refractivity contribution is 0.504. The predicted octanol–water partition coefficient (Wildman–Crippen LogP) is 3.08. The molecule has 0 spiro atoms. The summed E-state index contributed by atoms with van der Waals surface area (Å²) in [6, 6.07) is 0. The Labute approximate surface area is 44.0 Å². The molecule has 0 unspecified atom stereocenters. The zero-order valence-electron chi connectivity index (χ0n) is 4.24. The third kappa shape index (κ3) is 1.00. The Hall–Kier alpha value is 0. The fraction of sp³-hybridized carbons (Fsp3) is 1.00. The van der Waals surface area contributed by atoms with Crippen molar-refractivity contribution in [3.8, 4) is 0 Å². The van der Waals surface area contributed by atoms with Gasteiger partial charge < -0.3 is 0 Å². The molecule has 0 aliphatic heterocycles. The SMILES string of the molecule is C1CCCCC1.[HH].[HH].[HH]. The molecule has 1 rings (SSSR count). The summed E-state index contributed by atoms with van der Waals surface area (Å²) < 4.78 is 0. The Morgan fingerprint density at radius 1 is 0.500 bits per heavy atom. The summed E-state index contributed by atoms with van der Waals surface area (Å²) in [5, 5.41) is 0. The summed E-state index contributed by atoms with van der Waals surface area (Å²) in [5.41, 5.74) is 0. The Balaban J connectivity index is -0.000000120. The van der Waals surface area contributed by atoms with E-state index in [0.29, 0.717) is 0 Å². The molecule has 0 heteroatoms. The molecular weight excluding hydrogens is 72.1 g/mol. The largest absolute Gasteiger partial charge is 0.0533 e. The van der Waals surface area contributed by atoms with Crippen molar-refractivity contribution < 1.29 is 4.28 Å². The monoisotopic (exact) mass is 90.1 g/mol. The maximum atomic E-state index is 1.50. The number of hydrogen-bond donors (Lipinski definition) is 0. The summed E-state index contributed by atoms with van der Waals surface area (Å²) >= 11 is 0. The van der Waals surface area contributed by atoms with Gasteiger partial charge in [-0.05, 0) is 0 Å². The van der Waals surface area contributed by atoms with Crippen molar-refractivity contribution in [1.82, 2.24) is 0 Å². The van der Waals surface area contributed by atoms with Gasteiger partial charge in [-0.15, -0.1) is 0 Å². The standard InChI is InChI=1S/C6H12.3H2/c1-2-4-6-5-3-1;;;/h1-6H2;3*1H. The van der Waals surface area contributed by atoms with Gasteiger partial charge in [0.15, 0.2) is 0 Å². The van der Waals surface area contributed by atoms with Gasteiger partial charge in [-0.1, -0.05) is 38.5 Å². The van der Waals surface area contributed by atoms with E-state index in [1.165, 1.54) is 38.5 Å². The van der Waals surface area contributed by atoms with E-state index in [1.807, 2.05) is 0 Å². The molecule has 0 atom stereocenters. The molecule has 1 fully saturated rings. The van der Waals surface area contributed by atoms with Crippen molar-refractivity contribution in [1.29, 1.82) is 0 Å². The van der Waals surface area contributed by atoms with Crippen molar-refractivity contribution in [2.24, 2.45) is 0 Å². The molecule has 1 saturated carbocycles. The van der Waals surface area contributed by atoms with Crippen LogP contribution in [0.5, 0.6) is 0 Å². The summed E-state index contributed by atoms with van der Waals surface area (Å²) in [6.45, 7) is 0. The van der Waals surface area contributed by atoms with Gasteiger partial charge in [0.1, 0.15) is 0 Å². The van der Waals surface area contributed by atoms with Gasteiger partial charge in [0.05, 0.1) is 0 Å². The minimum atomic E-state index is 0. The van der Waals surface area contributed by atoms with Crippen LogP contribution < -0.4 is 0 Å². The highest BCUT2D eigenvalue weighted by Gasteiger charge is 1.95. The van der Waals surface area contributed by atoms with E-state index in [4.69, 9.17) is 0 Å². The van der Waals surface area contributed by atoms with E-state index >= 15 is 0 Å². The van der Waals surface area contributed by atoms with Crippen molar-refractivity contribution >= 4 is 0 Å². The molecule has 42 valence electrons. The first-order chi connectivity index (χ1) is 3.00. The number of hydrogen-bond acceptors (Lipinski definition) is 0. The first kappa shape index (κ1) is 4.17. The topological polar surface area (TPSA) is 0 Å². The molecule has 1 aliphatic rings. The smallest absolute Gasteiger partial charge is 0 e. The zero-order valence-corrected chi connectivity index (χ0v) is 4.24. The van der Waals surface area contributed by atoms with Crippen LogP contribution in [-0.4, -0.2) is 0 Å². The van der Waals surface area contributed by atoms with Gasteiger partial charge >= 0.3 is 0 Å². The lowest BCUT2D eigenvalue weighted by Gasteiger charge is -2.05. The molecule has 0 aromatic rings. The van der Waals surface area contributed by atoms with Crippen LogP contribution in [0.2, 0.25) is 0 Å². The average Bonchev–Trinajstić information content (AvgIpc) is 1.72. The minimum Gasteiger partial charge on any atom is -0.0533 e. The number of rotatable bonds is 0. The van der Waals surface area contributed by atoms with Crippen LogP contribution in [0.25, 0.3) is 0 Å². The maximum Gasteiger partial charge on any atom is 0 e. The van der Waals surface area contributed by atoms with Crippen LogP contribution in [-0.2, 0) is 0 Å². The first-order valence-corrected chi connectivity index (χ1v) is 3.00. The Kier molecular flexibility index (Phi) is 1.54.